The van der Waals surface area contributed by atoms with Gasteiger partial charge in [0.15, 0.2) is 11.1 Å². The number of hydrogen-bond acceptors (Lipinski definition) is 12. The highest BCUT2D eigenvalue weighted by atomic mass is 32.1. The fraction of sp³-hybridized carbons (Fsp3) is 0.170. The number of rotatable bonds is 14. The van der Waals surface area contributed by atoms with Gasteiger partial charge >= 0.3 is 23.9 Å². The van der Waals surface area contributed by atoms with E-state index in [1.165, 1.54) is 97.1 Å². The molecule has 8 rings (SSSR count). The molecule has 2 heterocycles. The first-order chi connectivity index (χ1) is 30.8. The number of esters is 2. The number of carboxylic acids is 2. The van der Waals surface area contributed by atoms with Crippen LogP contribution in [0.3, 0.4) is 0 Å². The molecule has 7 N–H and O–H groups in total. The summed E-state index contributed by atoms with van der Waals surface area (Å²) >= 11 is 2.32. The van der Waals surface area contributed by atoms with Crippen molar-refractivity contribution in [3.63, 3.8) is 0 Å². The van der Waals surface area contributed by atoms with Gasteiger partial charge in [0.2, 0.25) is 5.91 Å². The van der Waals surface area contributed by atoms with Gasteiger partial charge in [0.1, 0.15) is 21.3 Å². The highest BCUT2D eigenvalue weighted by Gasteiger charge is 2.80. The first-order valence-electron chi connectivity index (χ1n) is 19.9. The zero-order valence-corrected chi connectivity index (χ0v) is 35.2. The average molecular weight is 899 g/mol. The third-order valence-electron chi connectivity index (χ3n) is 11.5. The first-order valence-corrected chi connectivity index (χ1v) is 21.7. The molecule has 15 nitrogen and oxygen atoms in total. The lowest BCUT2D eigenvalue weighted by Gasteiger charge is -2.64. The van der Waals surface area contributed by atoms with E-state index in [9.17, 15) is 43.8 Å². The predicted octanol–water partition coefficient (Wildman–Crippen LogP) is 6.96. The molecule has 2 aromatic heterocycles. The van der Waals surface area contributed by atoms with Crippen LogP contribution in [0.4, 0.5) is 11.4 Å². The van der Waals surface area contributed by atoms with Crippen molar-refractivity contribution in [1.29, 1.82) is 0 Å². The molecule has 0 bridgehead atoms. The second-order valence-electron chi connectivity index (χ2n) is 15.3. The van der Waals surface area contributed by atoms with Gasteiger partial charge in [-0.2, -0.15) is 0 Å². The average Bonchev–Trinajstić information content (AvgIpc) is 4.01. The van der Waals surface area contributed by atoms with Gasteiger partial charge in [-0.1, -0.05) is 42.8 Å². The van der Waals surface area contributed by atoms with E-state index in [-0.39, 0.29) is 45.6 Å². The summed E-state index contributed by atoms with van der Waals surface area (Å²) in [5, 5.41) is 34.5. The van der Waals surface area contributed by atoms with Crippen molar-refractivity contribution in [2.75, 3.05) is 11.1 Å². The van der Waals surface area contributed by atoms with Gasteiger partial charge in [-0.15, -0.1) is 22.7 Å². The molecule has 4 aromatic carbocycles. The number of nitrogens with two attached hydrogens (primary N) is 1. The Balaban J connectivity index is 1.23. The number of nitrogen functional groups attached to an aromatic ring is 1. The van der Waals surface area contributed by atoms with Gasteiger partial charge < -0.3 is 41.4 Å². The summed E-state index contributed by atoms with van der Waals surface area (Å²) < 4.78 is 11.1. The van der Waals surface area contributed by atoms with Crippen molar-refractivity contribution in [3.8, 4) is 11.5 Å². The third kappa shape index (κ3) is 8.09. The summed E-state index contributed by atoms with van der Waals surface area (Å²) in [4.78, 5) is 95.8. The fourth-order valence-electron chi connectivity index (χ4n) is 8.23. The Labute approximate surface area is 372 Å². The molecule has 0 spiro atoms. The number of anilines is 2. The van der Waals surface area contributed by atoms with Gasteiger partial charge in [0.25, 0.3) is 11.8 Å². The van der Waals surface area contributed by atoms with Gasteiger partial charge in [0.05, 0.1) is 11.8 Å². The number of carboxylic acid groups (broad SMARTS) is 2. The number of hydrogen-bond donors (Lipinski definition) is 6. The lowest BCUT2D eigenvalue weighted by molar-refractivity contribution is -0.171. The van der Waals surface area contributed by atoms with E-state index in [0.717, 1.165) is 41.9 Å². The van der Waals surface area contributed by atoms with Crippen molar-refractivity contribution < 1.29 is 53.2 Å². The molecule has 2 aliphatic rings. The van der Waals surface area contributed by atoms with Gasteiger partial charge in [-0.05, 0) is 120 Å². The Morgan fingerprint density at radius 1 is 0.578 bits per heavy atom. The van der Waals surface area contributed by atoms with E-state index >= 15 is 0 Å². The molecule has 2 saturated carbocycles. The van der Waals surface area contributed by atoms with Crippen LogP contribution < -0.4 is 31.2 Å². The topological polar surface area (TPSA) is 241 Å². The maximum atomic E-state index is 14.4. The number of aliphatic carboxylic acids is 2. The Morgan fingerprint density at radius 2 is 1.00 bits per heavy atom. The number of amides is 3. The molecule has 0 aliphatic heterocycles. The van der Waals surface area contributed by atoms with Crippen molar-refractivity contribution in [2.45, 2.75) is 42.2 Å². The standard InChI is InChI=1S/C47H38N4O11S2/c48-31-16-8-29(9-17-31)40(53)50-46(44(57)58)37(26-12-20-33(21-13-26)61-42(55)35-6-2-24-63-35)47(45(59)60,38(46)27-14-22-34(23-15-27)62-43(56)36-7-3-25-64-36)51-41(54)30-10-18-32(19-11-30)49-39(52)28-4-1-5-28/h2-3,6-25,28,37-38H,1,4-5,48H2,(H,49,52)(H,50,53)(H,51,54)(H,57,58)(H,59,60). The molecule has 2 atom stereocenters. The summed E-state index contributed by atoms with van der Waals surface area (Å²) in [7, 11) is 0. The summed E-state index contributed by atoms with van der Waals surface area (Å²) in [5.41, 5.74) is 1.60. The molecule has 2 unspecified atom stereocenters. The second-order valence-corrected chi connectivity index (χ2v) is 17.2. The maximum absolute atomic E-state index is 14.4. The number of ether oxygens (including phenoxy) is 2. The van der Waals surface area contributed by atoms with Crippen LogP contribution in [0.5, 0.6) is 11.5 Å². The summed E-state index contributed by atoms with van der Waals surface area (Å²) in [5.74, 6) is -10.1. The van der Waals surface area contributed by atoms with Crippen molar-refractivity contribution in [2.24, 2.45) is 5.92 Å². The Bertz CT molecular complexity index is 2640. The smallest absolute Gasteiger partial charge is 0.353 e. The third-order valence-corrected chi connectivity index (χ3v) is 13.2. The molecule has 17 heteroatoms. The molecule has 2 aliphatic carbocycles. The van der Waals surface area contributed by atoms with Crippen LogP contribution in [0.2, 0.25) is 0 Å². The normalized spacial score (nSPS) is 20.1. The van der Waals surface area contributed by atoms with Gasteiger partial charge in [-0.3, -0.25) is 14.4 Å². The van der Waals surface area contributed by atoms with Crippen LogP contribution in [0.1, 0.15) is 82.3 Å². The van der Waals surface area contributed by atoms with Crippen LogP contribution >= 0.6 is 22.7 Å². The van der Waals surface area contributed by atoms with E-state index in [0.29, 0.717) is 21.1 Å². The van der Waals surface area contributed by atoms with Crippen LogP contribution in [-0.4, -0.2) is 62.9 Å². The van der Waals surface area contributed by atoms with Crippen LogP contribution in [-0.2, 0) is 14.4 Å². The monoisotopic (exact) mass is 898 g/mol. The Morgan fingerprint density at radius 3 is 1.36 bits per heavy atom. The summed E-state index contributed by atoms with van der Waals surface area (Å²) in [6.07, 6.45) is 2.51. The molecular weight excluding hydrogens is 861 g/mol. The van der Waals surface area contributed by atoms with Gasteiger partial charge in [0, 0.05) is 28.4 Å². The van der Waals surface area contributed by atoms with Crippen molar-refractivity contribution in [1.82, 2.24) is 10.6 Å². The number of thiophene rings is 2. The van der Waals surface area contributed by atoms with Gasteiger partial charge in [-0.25, -0.2) is 19.2 Å². The number of benzene rings is 4. The molecule has 2 fully saturated rings. The fourth-order valence-corrected chi connectivity index (χ4v) is 9.43. The molecule has 6 aromatic rings. The molecule has 0 saturated heterocycles. The van der Waals surface area contributed by atoms with Crippen molar-refractivity contribution in [3.05, 3.63) is 164 Å². The first kappa shape index (κ1) is 43.0. The maximum Gasteiger partial charge on any atom is 0.353 e. The van der Waals surface area contributed by atoms with Crippen molar-refractivity contribution >= 4 is 75.6 Å². The molecule has 3 amide bonds. The lowest BCUT2D eigenvalue weighted by atomic mass is 9.43. The van der Waals surface area contributed by atoms with E-state index in [1.807, 2.05) is 0 Å². The number of carbonyl (C=O) groups is 7. The zero-order valence-electron chi connectivity index (χ0n) is 33.5. The minimum absolute atomic E-state index is 0.000324. The van der Waals surface area contributed by atoms with Crippen LogP contribution in [0.15, 0.2) is 132 Å². The molecule has 0 radical (unpaired) electrons. The van der Waals surface area contributed by atoms with E-state index in [2.05, 4.69) is 16.0 Å². The highest BCUT2D eigenvalue weighted by molar-refractivity contribution is 7.12. The number of carbonyl (C=O) groups excluding carboxylic acids is 5. The van der Waals surface area contributed by atoms with Crippen LogP contribution in [0, 0.1) is 5.92 Å². The Hall–Kier alpha value is -7.63. The van der Waals surface area contributed by atoms with E-state index < -0.39 is 58.6 Å². The molecule has 324 valence electrons. The summed E-state index contributed by atoms with van der Waals surface area (Å²) in [6, 6.07) is 28.8. The SMILES string of the molecule is Nc1ccc(C(=O)NC2(C(=O)O)C(c3ccc(OC(=O)c4cccs4)cc3)C(NC(=O)c3ccc(NC(=O)C4CCC4)cc3)(C(=O)O)C2c2ccc(OC(=O)c3cccs3)cc2)cc1. The van der Waals surface area contributed by atoms with E-state index in [1.54, 1.807) is 35.0 Å². The minimum Gasteiger partial charge on any atom is -0.479 e. The van der Waals surface area contributed by atoms with E-state index in [4.69, 9.17) is 15.2 Å². The highest BCUT2D eigenvalue weighted by Crippen LogP contribution is 2.63. The van der Waals surface area contributed by atoms with Crippen LogP contribution in [0.25, 0.3) is 0 Å². The molecular formula is C47H38N4O11S2. The number of nitrogens with one attached hydrogen (secondary N) is 3. The quantitative estimate of drug-likeness (QED) is 0.0370. The molecule has 64 heavy (non-hydrogen) atoms. The Kier molecular flexibility index (Phi) is 11.9. The zero-order chi connectivity index (χ0) is 45.2. The summed E-state index contributed by atoms with van der Waals surface area (Å²) in [6.45, 7) is 0. The largest absolute Gasteiger partial charge is 0.479 e. The lowest BCUT2D eigenvalue weighted by Crippen LogP contribution is -2.86. The second kappa shape index (κ2) is 17.6. The minimum atomic E-state index is -2.54. The predicted molar refractivity (Wildman–Crippen MR) is 236 cm³/mol.